The Morgan fingerprint density at radius 2 is 1.82 bits per heavy atom. The van der Waals surface area contributed by atoms with Crippen molar-refractivity contribution in [3.8, 4) is 0 Å². The van der Waals surface area contributed by atoms with Crippen molar-refractivity contribution < 1.29 is 14.3 Å². The first kappa shape index (κ1) is 13.8. The lowest BCUT2D eigenvalue weighted by molar-refractivity contribution is -0.139. The van der Waals surface area contributed by atoms with E-state index in [1.165, 1.54) is 0 Å². The van der Waals surface area contributed by atoms with Crippen LogP contribution < -0.4 is 5.32 Å². The molecule has 1 rings (SSSR count). The molecule has 5 nitrogen and oxygen atoms in total. The molecule has 1 fully saturated rings. The Morgan fingerprint density at radius 3 is 2.24 bits per heavy atom. The summed E-state index contributed by atoms with van der Waals surface area (Å²) in [5.41, 5.74) is -0.485. The molecule has 1 heterocycles. The van der Waals surface area contributed by atoms with Crippen LogP contribution in [0.5, 0.6) is 0 Å². The van der Waals surface area contributed by atoms with Gasteiger partial charge >= 0.3 is 6.09 Å². The van der Waals surface area contributed by atoms with Crippen LogP contribution in [0.3, 0.4) is 0 Å². The number of likely N-dealkylation sites (tertiary alicyclic amines) is 1. The summed E-state index contributed by atoms with van der Waals surface area (Å²) in [7, 11) is 0. The Labute approximate surface area is 102 Å². The molecule has 1 N–H and O–H groups in total. The van der Waals surface area contributed by atoms with Gasteiger partial charge in [-0.3, -0.25) is 4.79 Å². The van der Waals surface area contributed by atoms with E-state index in [0.29, 0.717) is 13.1 Å². The molecule has 1 aliphatic heterocycles. The van der Waals surface area contributed by atoms with Crippen LogP contribution in [-0.2, 0) is 9.53 Å². The van der Waals surface area contributed by atoms with E-state index in [1.807, 2.05) is 34.6 Å². The summed E-state index contributed by atoms with van der Waals surface area (Å²) in [6.07, 6.45) is -0.417. The molecule has 0 spiro atoms. The van der Waals surface area contributed by atoms with E-state index in [-0.39, 0.29) is 17.9 Å². The van der Waals surface area contributed by atoms with Crippen LogP contribution in [0, 0.1) is 5.92 Å². The summed E-state index contributed by atoms with van der Waals surface area (Å²) in [6.45, 7) is 10.4. The fourth-order valence-electron chi connectivity index (χ4n) is 1.59. The van der Waals surface area contributed by atoms with Crippen molar-refractivity contribution in [1.29, 1.82) is 0 Å². The third-order valence-electron chi connectivity index (χ3n) is 2.41. The van der Waals surface area contributed by atoms with E-state index in [1.54, 1.807) is 4.90 Å². The van der Waals surface area contributed by atoms with Gasteiger partial charge in [-0.05, 0) is 20.8 Å². The van der Waals surface area contributed by atoms with E-state index in [0.717, 1.165) is 0 Å². The molecule has 0 unspecified atom stereocenters. The number of carbonyl (C=O) groups excluding carboxylic acids is 2. The van der Waals surface area contributed by atoms with Gasteiger partial charge in [0.2, 0.25) is 5.91 Å². The Bertz CT molecular complexity index is 301. The number of hydrogen-bond acceptors (Lipinski definition) is 3. The van der Waals surface area contributed by atoms with Crippen molar-refractivity contribution in [1.82, 2.24) is 10.2 Å². The van der Waals surface area contributed by atoms with Gasteiger partial charge < -0.3 is 15.0 Å². The average Bonchev–Trinajstić information content (AvgIpc) is 2.06. The average molecular weight is 242 g/mol. The van der Waals surface area contributed by atoms with Gasteiger partial charge in [0.25, 0.3) is 0 Å². The van der Waals surface area contributed by atoms with Gasteiger partial charge in [0.1, 0.15) is 5.60 Å². The lowest BCUT2D eigenvalue weighted by Crippen LogP contribution is -2.62. The molecule has 0 radical (unpaired) electrons. The van der Waals surface area contributed by atoms with Crippen molar-refractivity contribution in [3.63, 3.8) is 0 Å². The quantitative estimate of drug-likeness (QED) is 0.795. The van der Waals surface area contributed by atoms with Gasteiger partial charge in [-0.2, -0.15) is 0 Å². The van der Waals surface area contributed by atoms with Crippen LogP contribution in [0.4, 0.5) is 4.79 Å². The highest BCUT2D eigenvalue weighted by Crippen LogP contribution is 2.13. The topological polar surface area (TPSA) is 58.6 Å². The first-order chi connectivity index (χ1) is 7.69. The molecular formula is C12H22N2O3. The molecule has 0 aromatic carbocycles. The van der Waals surface area contributed by atoms with E-state index < -0.39 is 11.7 Å². The molecule has 0 aromatic heterocycles. The van der Waals surface area contributed by atoms with Gasteiger partial charge in [-0.1, -0.05) is 13.8 Å². The SMILES string of the molecule is CC(C)C(=O)N1CC(NC(=O)OC(C)(C)C)C1. The Hall–Kier alpha value is -1.26. The van der Waals surface area contributed by atoms with E-state index in [9.17, 15) is 9.59 Å². The van der Waals surface area contributed by atoms with Gasteiger partial charge in [0.15, 0.2) is 0 Å². The van der Waals surface area contributed by atoms with Crippen molar-refractivity contribution in [3.05, 3.63) is 0 Å². The van der Waals surface area contributed by atoms with Crippen LogP contribution in [-0.4, -0.2) is 41.6 Å². The molecule has 0 atom stereocenters. The maximum Gasteiger partial charge on any atom is 0.407 e. The first-order valence-electron chi connectivity index (χ1n) is 5.97. The zero-order valence-electron chi connectivity index (χ0n) is 11.2. The maximum absolute atomic E-state index is 11.6. The molecule has 0 aliphatic carbocycles. The monoisotopic (exact) mass is 242 g/mol. The van der Waals surface area contributed by atoms with E-state index in [4.69, 9.17) is 4.74 Å². The highest BCUT2D eigenvalue weighted by Gasteiger charge is 2.33. The third-order valence-corrected chi connectivity index (χ3v) is 2.41. The number of alkyl carbamates (subject to hydrolysis) is 1. The summed E-state index contributed by atoms with van der Waals surface area (Å²) in [5, 5.41) is 2.74. The molecule has 1 saturated heterocycles. The number of carbonyl (C=O) groups is 2. The Kier molecular flexibility index (Phi) is 4.01. The second kappa shape index (κ2) is 4.94. The minimum Gasteiger partial charge on any atom is -0.444 e. The third kappa shape index (κ3) is 4.24. The van der Waals surface area contributed by atoms with Crippen molar-refractivity contribution in [2.24, 2.45) is 5.92 Å². The lowest BCUT2D eigenvalue weighted by Gasteiger charge is -2.40. The van der Waals surface area contributed by atoms with Gasteiger partial charge in [-0.15, -0.1) is 0 Å². The lowest BCUT2D eigenvalue weighted by atomic mass is 10.1. The predicted molar refractivity (Wildman–Crippen MR) is 64.6 cm³/mol. The molecule has 0 saturated carbocycles. The highest BCUT2D eigenvalue weighted by atomic mass is 16.6. The van der Waals surface area contributed by atoms with Gasteiger partial charge in [-0.25, -0.2) is 4.79 Å². The van der Waals surface area contributed by atoms with Crippen molar-refractivity contribution in [2.75, 3.05) is 13.1 Å². The van der Waals surface area contributed by atoms with E-state index >= 15 is 0 Å². The molecular weight excluding hydrogens is 220 g/mol. The zero-order valence-corrected chi connectivity index (χ0v) is 11.2. The fraction of sp³-hybridized carbons (Fsp3) is 0.833. The van der Waals surface area contributed by atoms with Gasteiger partial charge in [0.05, 0.1) is 6.04 Å². The zero-order chi connectivity index (χ0) is 13.2. The summed E-state index contributed by atoms with van der Waals surface area (Å²) in [6, 6.07) is 0.0209. The van der Waals surface area contributed by atoms with Crippen LogP contribution in [0.1, 0.15) is 34.6 Å². The van der Waals surface area contributed by atoms with E-state index in [2.05, 4.69) is 5.32 Å². The molecule has 0 bridgehead atoms. The molecule has 2 amide bonds. The number of hydrogen-bond donors (Lipinski definition) is 1. The minimum atomic E-state index is -0.485. The number of amides is 2. The normalized spacial score (nSPS) is 16.7. The number of nitrogens with one attached hydrogen (secondary N) is 1. The molecule has 1 aliphatic rings. The molecule has 0 aromatic rings. The molecule has 17 heavy (non-hydrogen) atoms. The van der Waals surface area contributed by atoms with Crippen molar-refractivity contribution >= 4 is 12.0 Å². The van der Waals surface area contributed by atoms with Crippen molar-refractivity contribution in [2.45, 2.75) is 46.3 Å². The Morgan fingerprint density at radius 1 is 1.29 bits per heavy atom. The highest BCUT2D eigenvalue weighted by molar-refractivity contribution is 5.79. The smallest absolute Gasteiger partial charge is 0.407 e. The minimum absolute atomic E-state index is 0.0116. The predicted octanol–water partition coefficient (Wildman–Crippen LogP) is 1.38. The molecule has 98 valence electrons. The summed E-state index contributed by atoms with van der Waals surface area (Å²) in [4.78, 5) is 24.7. The second-order valence-electron chi connectivity index (χ2n) is 5.74. The van der Waals surface area contributed by atoms with Crippen LogP contribution >= 0.6 is 0 Å². The number of ether oxygens (including phenoxy) is 1. The first-order valence-corrected chi connectivity index (χ1v) is 5.97. The summed E-state index contributed by atoms with van der Waals surface area (Å²) in [5.74, 6) is 0.143. The largest absolute Gasteiger partial charge is 0.444 e. The van der Waals surface area contributed by atoms with Gasteiger partial charge in [0, 0.05) is 19.0 Å². The Balaban J connectivity index is 2.26. The van der Waals surface area contributed by atoms with Crippen LogP contribution in [0.25, 0.3) is 0 Å². The summed E-state index contributed by atoms with van der Waals surface area (Å²) < 4.78 is 5.13. The second-order valence-corrected chi connectivity index (χ2v) is 5.74. The maximum atomic E-state index is 11.6. The molecule has 5 heteroatoms. The van der Waals surface area contributed by atoms with Crippen LogP contribution in [0.2, 0.25) is 0 Å². The number of nitrogens with zero attached hydrogens (tertiary/aromatic N) is 1. The summed E-state index contributed by atoms with van der Waals surface area (Å²) >= 11 is 0. The van der Waals surface area contributed by atoms with Crippen LogP contribution in [0.15, 0.2) is 0 Å². The standard InChI is InChI=1S/C12H22N2O3/c1-8(2)10(15)14-6-9(7-14)13-11(16)17-12(3,4)5/h8-9H,6-7H2,1-5H3,(H,13,16). The number of rotatable bonds is 2. The fourth-order valence-corrected chi connectivity index (χ4v) is 1.59.